The number of ether oxygens (including phenoxy) is 2. The molecule has 0 unspecified atom stereocenters. The quantitative estimate of drug-likeness (QED) is 0.619. The van der Waals surface area contributed by atoms with E-state index in [9.17, 15) is 13.2 Å². The predicted molar refractivity (Wildman–Crippen MR) is 94.7 cm³/mol. The average Bonchev–Trinajstić information content (AvgIpc) is 2.63. The van der Waals surface area contributed by atoms with E-state index in [2.05, 4.69) is 15.6 Å². The highest BCUT2D eigenvalue weighted by Crippen LogP contribution is 2.29. The lowest BCUT2D eigenvalue weighted by Crippen LogP contribution is -2.37. The summed E-state index contributed by atoms with van der Waals surface area (Å²) in [5.41, 5.74) is 1.69. The van der Waals surface area contributed by atoms with Crippen LogP contribution in [0.5, 0.6) is 5.75 Å². The number of aliphatic imine (C=N–C) groups is 1. The van der Waals surface area contributed by atoms with Crippen molar-refractivity contribution in [2.24, 2.45) is 4.99 Å². The molecule has 1 heterocycles. The summed E-state index contributed by atoms with van der Waals surface area (Å²) in [6.45, 7) is 3.25. The van der Waals surface area contributed by atoms with Crippen molar-refractivity contribution in [1.29, 1.82) is 0 Å². The normalized spacial score (nSPS) is 13.7. The summed E-state index contributed by atoms with van der Waals surface area (Å²) in [5, 5.41) is 6.12. The third-order valence-corrected chi connectivity index (χ3v) is 3.88. The maximum atomic E-state index is 13.8. The van der Waals surface area contributed by atoms with Gasteiger partial charge in [-0.05, 0) is 36.8 Å². The number of rotatable bonds is 5. The Morgan fingerprint density at radius 2 is 1.78 bits per heavy atom. The summed E-state index contributed by atoms with van der Waals surface area (Å²) < 4.78 is 51.0. The average molecular weight is 379 g/mol. The summed E-state index contributed by atoms with van der Waals surface area (Å²) in [6.07, 6.45) is 0. The van der Waals surface area contributed by atoms with Gasteiger partial charge >= 0.3 is 0 Å². The molecule has 0 fully saturated rings. The van der Waals surface area contributed by atoms with Gasteiger partial charge < -0.3 is 20.1 Å². The van der Waals surface area contributed by atoms with Crippen LogP contribution in [0.2, 0.25) is 0 Å². The lowest BCUT2D eigenvalue weighted by Gasteiger charge is -2.21. The van der Waals surface area contributed by atoms with E-state index in [0.29, 0.717) is 41.6 Å². The molecule has 0 amide bonds. The molecule has 2 N–H and O–H groups in total. The Labute approximate surface area is 155 Å². The molecule has 5 nitrogen and oxygen atoms in total. The Morgan fingerprint density at radius 1 is 1.04 bits per heavy atom. The smallest absolute Gasteiger partial charge is 0.191 e. The Balaban J connectivity index is 1.72. The van der Waals surface area contributed by atoms with Crippen LogP contribution in [0.25, 0.3) is 0 Å². The Bertz CT molecular complexity index is 823. The van der Waals surface area contributed by atoms with Crippen LogP contribution in [-0.4, -0.2) is 19.3 Å². The molecule has 8 heteroatoms. The van der Waals surface area contributed by atoms with Crippen molar-refractivity contribution in [2.45, 2.75) is 26.6 Å². The molecule has 0 aromatic heterocycles. The number of halogens is 3. The summed E-state index contributed by atoms with van der Waals surface area (Å²) in [4.78, 5) is 4.32. The third-order valence-electron chi connectivity index (χ3n) is 3.88. The molecule has 0 spiro atoms. The molecule has 0 radical (unpaired) electrons. The molecule has 144 valence electrons. The SMILES string of the molecule is CCNC(=NCc1cc(F)cc(F)c1)NCc1cc(F)cc2c1OCOC2. The summed E-state index contributed by atoms with van der Waals surface area (Å²) in [5.74, 6) is -0.643. The van der Waals surface area contributed by atoms with E-state index in [1.54, 1.807) is 0 Å². The van der Waals surface area contributed by atoms with E-state index in [0.717, 1.165) is 6.07 Å². The molecule has 1 aliphatic heterocycles. The van der Waals surface area contributed by atoms with Crippen LogP contribution in [0.4, 0.5) is 13.2 Å². The van der Waals surface area contributed by atoms with E-state index >= 15 is 0 Å². The monoisotopic (exact) mass is 379 g/mol. The van der Waals surface area contributed by atoms with Crippen LogP contribution >= 0.6 is 0 Å². The van der Waals surface area contributed by atoms with Crippen molar-refractivity contribution in [3.8, 4) is 5.75 Å². The Morgan fingerprint density at radius 3 is 2.52 bits per heavy atom. The van der Waals surface area contributed by atoms with Gasteiger partial charge in [-0.25, -0.2) is 18.2 Å². The molecular weight excluding hydrogens is 359 g/mol. The summed E-state index contributed by atoms with van der Waals surface area (Å²) in [7, 11) is 0. The first-order chi connectivity index (χ1) is 13.0. The molecule has 0 saturated heterocycles. The van der Waals surface area contributed by atoms with E-state index in [-0.39, 0.29) is 25.7 Å². The van der Waals surface area contributed by atoms with Gasteiger partial charge in [0.05, 0.1) is 13.2 Å². The molecule has 3 rings (SSSR count). The molecule has 0 bridgehead atoms. The number of fused-ring (bicyclic) bond motifs is 1. The van der Waals surface area contributed by atoms with Crippen LogP contribution in [0, 0.1) is 17.5 Å². The molecule has 2 aromatic rings. The first kappa shape index (κ1) is 19.0. The fraction of sp³-hybridized carbons (Fsp3) is 0.316. The highest BCUT2D eigenvalue weighted by molar-refractivity contribution is 5.79. The third kappa shape index (κ3) is 5.13. The van der Waals surface area contributed by atoms with Gasteiger partial charge in [0.2, 0.25) is 0 Å². The predicted octanol–water partition coefficient (Wildman–Crippen LogP) is 3.23. The van der Waals surface area contributed by atoms with Crippen molar-refractivity contribution in [3.05, 3.63) is 64.5 Å². The molecule has 0 aliphatic carbocycles. The van der Waals surface area contributed by atoms with Gasteiger partial charge in [-0.2, -0.15) is 0 Å². The fourth-order valence-corrected chi connectivity index (χ4v) is 2.78. The van der Waals surface area contributed by atoms with Crippen LogP contribution in [0.15, 0.2) is 35.3 Å². The largest absolute Gasteiger partial charge is 0.467 e. The van der Waals surface area contributed by atoms with Gasteiger partial charge in [-0.3, -0.25) is 0 Å². The maximum Gasteiger partial charge on any atom is 0.191 e. The fourth-order valence-electron chi connectivity index (χ4n) is 2.78. The highest BCUT2D eigenvalue weighted by atomic mass is 19.1. The maximum absolute atomic E-state index is 13.8. The second-order valence-corrected chi connectivity index (χ2v) is 5.99. The van der Waals surface area contributed by atoms with Gasteiger partial charge in [0.1, 0.15) is 23.2 Å². The second kappa shape index (κ2) is 8.77. The van der Waals surface area contributed by atoms with E-state index in [1.165, 1.54) is 24.3 Å². The van der Waals surface area contributed by atoms with E-state index in [4.69, 9.17) is 9.47 Å². The minimum atomic E-state index is -0.649. The van der Waals surface area contributed by atoms with Crippen molar-refractivity contribution in [1.82, 2.24) is 10.6 Å². The van der Waals surface area contributed by atoms with Crippen molar-refractivity contribution in [3.63, 3.8) is 0 Å². The van der Waals surface area contributed by atoms with E-state index in [1.807, 2.05) is 6.92 Å². The first-order valence-corrected chi connectivity index (χ1v) is 8.54. The molecule has 0 atom stereocenters. The van der Waals surface area contributed by atoms with Crippen LogP contribution in [-0.2, 0) is 24.4 Å². The zero-order valence-electron chi connectivity index (χ0n) is 14.8. The number of nitrogens with zero attached hydrogens (tertiary/aromatic N) is 1. The number of guanidine groups is 1. The number of hydrogen-bond donors (Lipinski definition) is 2. The highest BCUT2D eigenvalue weighted by Gasteiger charge is 2.17. The van der Waals surface area contributed by atoms with Crippen LogP contribution in [0.3, 0.4) is 0 Å². The topological polar surface area (TPSA) is 54.9 Å². The van der Waals surface area contributed by atoms with Gasteiger partial charge in [0.25, 0.3) is 0 Å². The second-order valence-electron chi connectivity index (χ2n) is 5.99. The van der Waals surface area contributed by atoms with Crippen molar-refractivity contribution >= 4 is 5.96 Å². The molecule has 2 aromatic carbocycles. The van der Waals surface area contributed by atoms with Gasteiger partial charge in [-0.1, -0.05) is 0 Å². The summed E-state index contributed by atoms with van der Waals surface area (Å²) in [6, 6.07) is 6.05. The zero-order chi connectivity index (χ0) is 19.2. The number of nitrogens with one attached hydrogen (secondary N) is 2. The summed E-state index contributed by atoms with van der Waals surface area (Å²) >= 11 is 0. The molecule has 0 saturated carbocycles. The lowest BCUT2D eigenvalue weighted by atomic mass is 10.1. The number of hydrogen-bond acceptors (Lipinski definition) is 3. The minimum Gasteiger partial charge on any atom is -0.467 e. The molecular formula is C19H20F3N3O2. The van der Waals surface area contributed by atoms with Crippen molar-refractivity contribution < 1.29 is 22.6 Å². The number of benzene rings is 2. The Kier molecular flexibility index (Phi) is 6.18. The Hall–Kier alpha value is -2.74. The van der Waals surface area contributed by atoms with Crippen LogP contribution in [0.1, 0.15) is 23.6 Å². The lowest BCUT2D eigenvalue weighted by molar-refractivity contribution is -0.0172. The van der Waals surface area contributed by atoms with Crippen LogP contribution < -0.4 is 15.4 Å². The zero-order valence-corrected chi connectivity index (χ0v) is 14.8. The standard InChI is InChI=1S/C19H20F3N3O2/c1-2-23-19(24-8-12-3-15(20)7-16(21)4-12)25-9-13-5-17(22)6-14-10-26-11-27-18(13)14/h3-7H,2,8-11H2,1H3,(H2,23,24,25). The minimum absolute atomic E-state index is 0.0929. The van der Waals surface area contributed by atoms with E-state index < -0.39 is 11.6 Å². The first-order valence-electron chi connectivity index (χ1n) is 8.54. The van der Waals surface area contributed by atoms with Gasteiger partial charge in [-0.15, -0.1) is 0 Å². The molecule has 1 aliphatic rings. The van der Waals surface area contributed by atoms with Gasteiger partial charge in [0.15, 0.2) is 12.8 Å². The van der Waals surface area contributed by atoms with Gasteiger partial charge in [0, 0.05) is 30.3 Å². The molecule has 27 heavy (non-hydrogen) atoms. The van der Waals surface area contributed by atoms with Crippen molar-refractivity contribution in [2.75, 3.05) is 13.3 Å².